The average Bonchev–Trinajstić information content (AvgIpc) is 2.78. The fraction of sp³-hybridized carbons (Fsp3) is 0.833. The van der Waals surface area contributed by atoms with Crippen LogP contribution in [0.5, 0.6) is 0 Å². The summed E-state index contributed by atoms with van der Waals surface area (Å²) < 4.78 is 4.92. The first-order valence-corrected chi connectivity index (χ1v) is 7.10. The molecule has 1 aliphatic heterocycles. The van der Waals surface area contributed by atoms with E-state index in [4.69, 9.17) is 9.84 Å². The van der Waals surface area contributed by atoms with Gasteiger partial charge in [-0.25, -0.2) is 0 Å². The number of thioether (sulfide) groups is 1. The smallest absolute Gasteiger partial charge is 0.186 e. The fourth-order valence-corrected chi connectivity index (χ4v) is 1.37. The van der Waals surface area contributed by atoms with Crippen LogP contribution in [-0.4, -0.2) is 38.9 Å². The van der Waals surface area contributed by atoms with Crippen LogP contribution in [-0.2, 0) is 14.3 Å². The summed E-state index contributed by atoms with van der Waals surface area (Å²) in [4.78, 5) is 19.7. The zero-order chi connectivity index (χ0) is 14.9. The summed E-state index contributed by atoms with van der Waals surface area (Å²) in [6.45, 7) is 10.6. The highest BCUT2D eigenvalue weighted by Crippen LogP contribution is 2.18. The normalized spacial score (nSPS) is 23.6. The maximum atomic E-state index is 10.4. The van der Waals surface area contributed by atoms with Crippen molar-refractivity contribution >= 4 is 34.6 Å². The molecule has 4 atom stereocenters. The Morgan fingerprint density at radius 3 is 1.56 bits per heavy atom. The SMILES string of the molecule is CC(=O)S.CC(=O)SC(C)C(C)O.C[C@H]1O[C@@H]1C. The van der Waals surface area contributed by atoms with E-state index in [2.05, 4.69) is 26.5 Å². The van der Waals surface area contributed by atoms with Gasteiger partial charge in [-0.1, -0.05) is 18.7 Å². The van der Waals surface area contributed by atoms with Crippen LogP contribution in [0.1, 0.15) is 41.5 Å². The van der Waals surface area contributed by atoms with E-state index in [1.807, 2.05) is 6.92 Å². The molecule has 1 rings (SSSR count). The zero-order valence-electron chi connectivity index (χ0n) is 11.8. The third-order valence-electron chi connectivity index (χ3n) is 2.04. The lowest BCUT2D eigenvalue weighted by Crippen LogP contribution is -2.16. The van der Waals surface area contributed by atoms with Crippen LogP contribution in [0.4, 0.5) is 0 Å². The van der Waals surface area contributed by atoms with Gasteiger partial charge in [-0.05, 0) is 20.8 Å². The van der Waals surface area contributed by atoms with E-state index < -0.39 is 6.10 Å². The molecule has 1 N–H and O–H groups in total. The van der Waals surface area contributed by atoms with E-state index in [1.165, 1.54) is 25.6 Å². The maximum Gasteiger partial charge on any atom is 0.186 e. The highest BCUT2D eigenvalue weighted by Gasteiger charge is 2.27. The van der Waals surface area contributed by atoms with Gasteiger partial charge in [0.05, 0.1) is 18.3 Å². The van der Waals surface area contributed by atoms with Crippen LogP contribution in [0.2, 0.25) is 0 Å². The molecule has 0 radical (unpaired) electrons. The molecule has 0 spiro atoms. The zero-order valence-corrected chi connectivity index (χ0v) is 13.5. The number of carbonyl (C=O) groups excluding carboxylic acids is 2. The Morgan fingerprint density at radius 1 is 1.22 bits per heavy atom. The largest absolute Gasteiger partial charge is 0.392 e. The van der Waals surface area contributed by atoms with Crippen molar-refractivity contribution in [3.05, 3.63) is 0 Å². The predicted octanol–water partition coefficient (Wildman–Crippen LogP) is 2.29. The molecule has 1 fully saturated rings. The van der Waals surface area contributed by atoms with Gasteiger partial charge >= 0.3 is 0 Å². The minimum atomic E-state index is -0.404. The van der Waals surface area contributed by atoms with Crippen molar-refractivity contribution in [3.63, 3.8) is 0 Å². The Morgan fingerprint density at radius 2 is 1.50 bits per heavy atom. The number of ether oxygens (including phenoxy) is 1. The number of rotatable bonds is 2. The summed E-state index contributed by atoms with van der Waals surface area (Å²) in [7, 11) is 0. The molecule has 1 heterocycles. The summed E-state index contributed by atoms with van der Waals surface area (Å²) >= 11 is 4.50. The Hall–Kier alpha value is -0.0400. The number of hydrogen-bond acceptors (Lipinski definition) is 5. The van der Waals surface area contributed by atoms with Crippen LogP contribution >= 0.6 is 24.4 Å². The van der Waals surface area contributed by atoms with Gasteiger partial charge in [-0.3, -0.25) is 9.59 Å². The molecule has 18 heavy (non-hydrogen) atoms. The number of epoxide rings is 1. The second-order valence-corrected chi connectivity index (χ2v) is 6.30. The molecule has 6 heteroatoms. The van der Waals surface area contributed by atoms with Gasteiger partial charge in [0.1, 0.15) is 0 Å². The first kappa shape index (κ1) is 20.3. The van der Waals surface area contributed by atoms with E-state index >= 15 is 0 Å². The standard InChI is InChI=1S/C6H12O2S.C4H8O.C2H4OS/c1-4(7)5(2)9-6(3)8;1-3-4(2)5-3;1-2(3)4/h4-5,7H,1-3H3;3-4H,1-2H3;1H3,(H,3,4)/t;3-,4-;/m.1./s1. The van der Waals surface area contributed by atoms with Crippen LogP contribution in [0.15, 0.2) is 0 Å². The second kappa shape index (κ2) is 10.8. The number of aliphatic hydroxyl groups excluding tert-OH is 1. The lowest BCUT2D eigenvalue weighted by molar-refractivity contribution is -0.109. The molecule has 1 saturated heterocycles. The average molecular weight is 296 g/mol. The molecular weight excluding hydrogens is 272 g/mol. The Balaban J connectivity index is 0. The Bertz CT molecular complexity index is 246. The van der Waals surface area contributed by atoms with Crippen molar-refractivity contribution in [2.75, 3.05) is 0 Å². The molecule has 0 aliphatic carbocycles. The van der Waals surface area contributed by atoms with Crippen molar-refractivity contribution < 1.29 is 19.4 Å². The van der Waals surface area contributed by atoms with Gasteiger partial charge in [0.2, 0.25) is 0 Å². The summed E-state index contributed by atoms with van der Waals surface area (Å²) in [5.41, 5.74) is 0. The Kier molecular flexibility index (Phi) is 12.2. The van der Waals surface area contributed by atoms with Gasteiger partial charge in [-0.2, -0.15) is 0 Å². The van der Waals surface area contributed by atoms with Crippen molar-refractivity contribution in [1.82, 2.24) is 0 Å². The number of aliphatic hydroxyl groups is 1. The van der Waals surface area contributed by atoms with Crippen molar-refractivity contribution in [2.45, 2.75) is 65.1 Å². The summed E-state index contributed by atoms with van der Waals surface area (Å²) in [5.74, 6) is 0. The molecule has 0 saturated carbocycles. The molecule has 0 aromatic heterocycles. The molecular formula is C12H24O4S2. The Labute approximate surface area is 119 Å². The predicted molar refractivity (Wildman–Crippen MR) is 79.1 cm³/mol. The van der Waals surface area contributed by atoms with Crippen LogP contribution in [0.25, 0.3) is 0 Å². The van der Waals surface area contributed by atoms with E-state index in [0.717, 1.165) is 0 Å². The topological polar surface area (TPSA) is 66.9 Å². The fourth-order valence-electron chi connectivity index (χ4n) is 0.653. The van der Waals surface area contributed by atoms with E-state index in [1.54, 1.807) is 6.92 Å². The third-order valence-corrected chi connectivity index (χ3v) is 3.14. The number of hydrogen-bond donors (Lipinski definition) is 2. The van der Waals surface area contributed by atoms with Gasteiger partial charge in [0.15, 0.2) is 10.2 Å². The van der Waals surface area contributed by atoms with Gasteiger partial charge in [-0.15, -0.1) is 12.6 Å². The summed E-state index contributed by atoms with van der Waals surface area (Å²) in [5, 5.41) is 8.83. The molecule has 0 aromatic rings. The van der Waals surface area contributed by atoms with Crippen LogP contribution in [0.3, 0.4) is 0 Å². The quantitative estimate of drug-likeness (QED) is 0.604. The van der Waals surface area contributed by atoms with Gasteiger partial charge in [0, 0.05) is 19.1 Å². The van der Waals surface area contributed by atoms with Crippen LogP contribution < -0.4 is 0 Å². The number of carbonyl (C=O) groups is 2. The minimum absolute atomic E-state index is 0.0162. The van der Waals surface area contributed by atoms with Crippen molar-refractivity contribution in [3.8, 4) is 0 Å². The number of thiol groups is 1. The summed E-state index contributed by atoms with van der Waals surface area (Å²) in [6, 6.07) is 0. The molecule has 0 amide bonds. The lowest BCUT2D eigenvalue weighted by atomic mass is 10.3. The lowest BCUT2D eigenvalue weighted by Gasteiger charge is -2.10. The van der Waals surface area contributed by atoms with Crippen LogP contribution in [0, 0.1) is 0 Å². The maximum absolute atomic E-state index is 10.4. The monoisotopic (exact) mass is 296 g/mol. The van der Waals surface area contributed by atoms with Gasteiger partial charge in [0.25, 0.3) is 0 Å². The molecule has 1 aliphatic rings. The minimum Gasteiger partial charge on any atom is -0.392 e. The molecule has 4 nitrogen and oxygen atoms in total. The van der Waals surface area contributed by atoms with E-state index in [0.29, 0.717) is 12.2 Å². The second-order valence-electron chi connectivity index (χ2n) is 4.12. The van der Waals surface area contributed by atoms with E-state index in [-0.39, 0.29) is 15.5 Å². The highest BCUT2D eigenvalue weighted by atomic mass is 32.2. The molecule has 0 bridgehead atoms. The van der Waals surface area contributed by atoms with Gasteiger partial charge < -0.3 is 9.84 Å². The highest BCUT2D eigenvalue weighted by molar-refractivity contribution is 8.14. The molecule has 0 aromatic carbocycles. The molecule has 108 valence electrons. The third kappa shape index (κ3) is 18.3. The first-order valence-electron chi connectivity index (χ1n) is 5.78. The first-order chi connectivity index (χ1) is 8.07. The summed E-state index contributed by atoms with van der Waals surface area (Å²) in [6.07, 6.45) is 0.698. The van der Waals surface area contributed by atoms with Crippen molar-refractivity contribution in [2.24, 2.45) is 0 Å². The molecule has 2 unspecified atom stereocenters. The van der Waals surface area contributed by atoms with Crippen molar-refractivity contribution in [1.29, 1.82) is 0 Å². The van der Waals surface area contributed by atoms with E-state index in [9.17, 15) is 9.59 Å².